The van der Waals surface area contributed by atoms with Gasteiger partial charge in [-0.1, -0.05) is 15.9 Å². The molecule has 1 aliphatic heterocycles. The summed E-state index contributed by atoms with van der Waals surface area (Å²) >= 11 is 3.41. The van der Waals surface area contributed by atoms with Crippen molar-refractivity contribution < 1.29 is 19.3 Å². The highest BCUT2D eigenvalue weighted by Gasteiger charge is 2.16. The molecule has 1 aromatic carbocycles. The van der Waals surface area contributed by atoms with Crippen LogP contribution in [0.1, 0.15) is 18.4 Å². The van der Waals surface area contributed by atoms with Crippen molar-refractivity contribution in [1.82, 2.24) is 0 Å². The Balaban J connectivity index is 1.70. The first-order valence-electron chi connectivity index (χ1n) is 6.91. The van der Waals surface area contributed by atoms with Gasteiger partial charge in [0.25, 0.3) is 0 Å². The van der Waals surface area contributed by atoms with E-state index in [4.69, 9.17) is 14.2 Å². The summed E-state index contributed by atoms with van der Waals surface area (Å²) in [4.78, 5) is 0. The molecule has 1 atom stereocenters. The maximum absolute atomic E-state index is 9.90. The van der Waals surface area contributed by atoms with Gasteiger partial charge in [0.15, 0.2) is 0 Å². The molecule has 0 aliphatic carbocycles. The SMILES string of the molecule is Cc1cc(Br)ccc1OCC(O)COC1CCOCC1. The van der Waals surface area contributed by atoms with Crippen molar-refractivity contribution in [1.29, 1.82) is 0 Å². The van der Waals surface area contributed by atoms with E-state index in [2.05, 4.69) is 15.9 Å². The third-order valence-electron chi connectivity index (χ3n) is 3.26. The van der Waals surface area contributed by atoms with E-state index in [1.165, 1.54) is 0 Å². The van der Waals surface area contributed by atoms with Crippen LogP contribution < -0.4 is 4.74 Å². The number of benzene rings is 1. The molecule has 1 aliphatic rings. The van der Waals surface area contributed by atoms with Gasteiger partial charge in [0.2, 0.25) is 0 Å². The first kappa shape index (κ1) is 15.8. The normalized spacial score (nSPS) is 17.9. The molecular formula is C15H21BrO4. The second-order valence-electron chi connectivity index (χ2n) is 5.02. The molecule has 1 unspecified atom stereocenters. The van der Waals surface area contributed by atoms with Crippen molar-refractivity contribution in [3.05, 3.63) is 28.2 Å². The van der Waals surface area contributed by atoms with E-state index in [1.807, 2.05) is 25.1 Å². The van der Waals surface area contributed by atoms with E-state index >= 15 is 0 Å². The van der Waals surface area contributed by atoms with E-state index in [1.54, 1.807) is 0 Å². The van der Waals surface area contributed by atoms with Gasteiger partial charge in [0.05, 0.1) is 12.7 Å². The predicted molar refractivity (Wildman–Crippen MR) is 80.2 cm³/mol. The Kier molecular flexibility index (Phi) is 6.29. The van der Waals surface area contributed by atoms with Gasteiger partial charge in [-0.2, -0.15) is 0 Å². The highest BCUT2D eigenvalue weighted by Crippen LogP contribution is 2.22. The average molecular weight is 345 g/mol. The Labute approximate surface area is 128 Å². The molecule has 1 N–H and O–H groups in total. The summed E-state index contributed by atoms with van der Waals surface area (Å²) in [6, 6.07) is 5.80. The van der Waals surface area contributed by atoms with Crippen molar-refractivity contribution in [3.8, 4) is 5.75 Å². The van der Waals surface area contributed by atoms with Crippen molar-refractivity contribution in [2.45, 2.75) is 32.0 Å². The third kappa shape index (κ3) is 5.05. The van der Waals surface area contributed by atoms with Crippen LogP contribution in [0.2, 0.25) is 0 Å². The molecule has 0 saturated carbocycles. The summed E-state index contributed by atoms with van der Waals surface area (Å²) in [6.45, 7) is 4.02. The lowest BCUT2D eigenvalue weighted by Crippen LogP contribution is -2.30. The van der Waals surface area contributed by atoms with Crippen molar-refractivity contribution in [3.63, 3.8) is 0 Å². The molecule has 4 nitrogen and oxygen atoms in total. The molecule has 0 radical (unpaired) electrons. The van der Waals surface area contributed by atoms with Crippen LogP contribution in [0.5, 0.6) is 5.75 Å². The summed E-state index contributed by atoms with van der Waals surface area (Å²) in [7, 11) is 0. The summed E-state index contributed by atoms with van der Waals surface area (Å²) in [5.74, 6) is 0.790. The van der Waals surface area contributed by atoms with Crippen LogP contribution in [0.4, 0.5) is 0 Å². The summed E-state index contributed by atoms with van der Waals surface area (Å²) in [6.07, 6.45) is 1.40. The maximum atomic E-state index is 9.90. The number of aliphatic hydroxyl groups is 1. The number of aryl methyl sites for hydroxylation is 1. The monoisotopic (exact) mass is 344 g/mol. The fourth-order valence-corrected chi connectivity index (χ4v) is 2.57. The average Bonchev–Trinajstić information content (AvgIpc) is 2.45. The Bertz CT molecular complexity index is 418. The molecule has 1 saturated heterocycles. The molecular weight excluding hydrogens is 324 g/mol. The van der Waals surface area contributed by atoms with E-state index in [0.717, 1.165) is 41.8 Å². The lowest BCUT2D eigenvalue weighted by Gasteiger charge is -2.23. The predicted octanol–water partition coefficient (Wildman–Crippen LogP) is 2.69. The molecule has 112 valence electrons. The molecule has 5 heteroatoms. The zero-order valence-electron chi connectivity index (χ0n) is 11.7. The van der Waals surface area contributed by atoms with E-state index in [-0.39, 0.29) is 12.7 Å². The number of aliphatic hydroxyl groups excluding tert-OH is 1. The van der Waals surface area contributed by atoms with Crippen LogP contribution in [0.3, 0.4) is 0 Å². The highest BCUT2D eigenvalue weighted by atomic mass is 79.9. The van der Waals surface area contributed by atoms with Crippen molar-refractivity contribution in [2.24, 2.45) is 0 Å². The number of halogens is 1. The number of hydrogen-bond donors (Lipinski definition) is 1. The van der Waals surface area contributed by atoms with Crippen LogP contribution in [-0.2, 0) is 9.47 Å². The van der Waals surface area contributed by atoms with Gasteiger partial charge in [-0.15, -0.1) is 0 Å². The minimum Gasteiger partial charge on any atom is -0.491 e. The Morgan fingerprint density at radius 1 is 1.35 bits per heavy atom. The fourth-order valence-electron chi connectivity index (χ4n) is 2.10. The summed E-state index contributed by atoms with van der Waals surface area (Å²) in [5, 5.41) is 9.90. The smallest absolute Gasteiger partial charge is 0.122 e. The maximum Gasteiger partial charge on any atom is 0.122 e. The van der Waals surface area contributed by atoms with E-state index < -0.39 is 6.10 Å². The number of rotatable bonds is 6. The second-order valence-corrected chi connectivity index (χ2v) is 5.94. The third-order valence-corrected chi connectivity index (χ3v) is 3.75. The van der Waals surface area contributed by atoms with Crippen LogP contribution in [-0.4, -0.2) is 43.7 Å². The van der Waals surface area contributed by atoms with Crippen molar-refractivity contribution in [2.75, 3.05) is 26.4 Å². The lowest BCUT2D eigenvalue weighted by molar-refractivity contribution is -0.0659. The lowest BCUT2D eigenvalue weighted by atomic mass is 10.1. The molecule has 1 aromatic rings. The van der Waals surface area contributed by atoms with E-state index in [0.29, 0.717) is 6.61 Å². The van der Waals surface area contributed by atoms with Crippen LogP contribution >= 0.6 is 15.9 Å². The zero-order valence-corrected chi connectivity index (χ0v) is 13.3. The number of hydrogen-bond acceptors (Lipinski definition) is 4. The van der Waals surface area contributed by atoms with Gasteiger partial charge in [-0.3, -0.25) is 0 Å². The fraction of sp³-hybridized carbons (Fsp3) is 0.600. The van der Waals surface area contributed by atoms with Crippen LogP contribution in [0.15, 0.2) is 22.7 Å². The first-order chi connectivity index (χ1) is 9.65. The largest absolute Gasteiger partial charge is 0.491 e. The molecule has 0 spiro atoms. The van der Waals surface area contributed by atoms with Gasteiger partial charge >= 0.3 is 0 Å². The molecule has 0 bridgehead atoms. The van der Waals surface area contributed by atoms with Gasteiger partial charge in [-0.05, 0) is 43.5 Å². The second kappa shape index (κ2) is 7.98. The Morgan fingerprint density at radius 2 is 2.10 bits per heavy atom. The Hall–Kier alpha value is -0.620. The Morgan fingerprint density at radius 3 is 2.80 bits per heavy atom. The molecule has 1 fully saturated rings. The minimum atomic E-state index is -0.610. The van der Waals surface area contributed by atoms with Crippen molar-refractivity contribution >= 4 is 15.9 Å². The standard InChI is InChI=1S/C15H21BrO4/c1-11-8-12(16)2-3-15(11)20-10-13(17)9-19-14-4-6-18-7-5-14/h2-3,8,13-14,17H,4-7,9-10H2,1H3. The summed E-state index contributed by atoms with van der Waals surface area (Å²) < 4.78 is 17.6. The molecule has 20 heavy (non-hydrogen) atoms. The van der Waals surface area contributed by atoms with Crippen LogP contribution in [0.25, 0.3) is 0 Å². The summed E-state index contributed by atoms with van der Waals surface area (Å²) in [5.41, 5.74) is 1.04. The topological polar surface area (TPSA) is 47.9 Å². The first-order valence-corrected chi connectivity index (χ1v) is 7.71. The van der Waals surface area contributed by atoms with Gasteiger partial charge in [0.1, 0.15) is 18.5 Å². The molecule has 0 aromatic heterocycles. The van der Waals surface area contributed by atoms with Gasteiger partial charge in [0, 0.05) is 17.7 Å². The molecule has 0 amide bonds. The molecule has 1 heterocycles. The van der Waals surface area contributed by atoms with Crippen LogP contribution in [0, 0.1) is 6.92 Å². The van der Waals surface area contributed by atoms with Gasteiger partial charge < -0.3 is 19.3 Å². The number of ether oxygens (including phenoxy) is 3. The minimum absolute atomic E-state index is 0.202. The quantitative estimate of drug-likeness (QED) is 0.861. The zero-order chi connectivity index (χ0) is 14.4. The van der Waals surface area contributed by atoms with Gasteiger partial charge in [-0.25, -0.2) is 0 Å². The molecule has 2 rings (SSSR count). The highest BCUT2D eigenvalue weighted by molar-refractivity contribution is 9.10. The van der Waals surface area contributed by atoms with E-state index in [9.17, 15) is 5.11 Å².